The molecule has 33 heavy (non-hydrogen) atoms. The normalized spacial score (nSPS) is 14.7. The molecule has 0 amide bonds. The van der Waals surface area contributed by atoms with Gasteiger partial charge < -0.3 is 4.74 Å². The molecule has 0 spiro atoms. The molecule has 6 nitrogen and oxygen atoms in total. The molecule has 0 aliphatic heterocycles. The Hall–Kier alpha value is -2.56. The highest BCUT2D eigenvalue weighted by Crippen LogP contribution is 2.37. The molecule has 0 unspecified atom stereocenters. The summed E-state index contributed by atoms with van der Waals surface area (Å²) in [6, 6.07) is 3.30. The molecule has 1 aromatic heterocycles. The number of anilines is 1. The quantitative estimate of drug-likeness (QED) is 0.470. The molecule has 1 aliphatic rings. The monoisotopic (exact) mass is 520 g/mol. The van der Waals surface area contributed by atoms with Crippen molar-refractivity contribution >= 4 is 44.7 Å². The van der Waals surface area contributed by atoms with Gasteiger partial charge in [0.2, 0.25) is 5.78 Å². The Labute approximate surface area is 198 Å². The Morgan fingerprint density at radius 3 is 2.55 bits per heavy atom. The summed E-state index contributed by atoms with van der Waals surface area (Å²) in [5.41, 5.74) is -0.947. The number of ketones is 1. The molecule has 3 rings (SSSR count). The average molecular weight is 521 g/mol. The summed E-state index contributed by atoms with van der Waals surface area (Å²) in [6.45, 7) is 1.74. The summed E-state index contributed by atoms with van der Waals surface area (Å²) >= 11 is 11.5. The molecule has 1 heterocycles. The Kier molecular flexibility index (Phi) is 7.11. The van der Waals surface area contributed by atoms with E-state index in [1.54, 1.807) is 13.0 Å². The van der Waals surface area contributed by atoms with Crippen molar-refractivity contribution in [2.24, 2.45) is 0 Å². The van der Waals surface area contributed by atoms with Gasteiger partial charge in [0.05, 0.1) is 38.9 Å². The number of ether oxygens (including phenoxy) is 1. The first-order valence-corrected chi connectivity index (χ1v) is 11.6. The van der Waals surface area contributed by atoms with E-state index in [4.69, 9.17) is 27.9 Å². The maximum absolute atomic E-state index is 13.3. The smallest absolute Gasteiger partial charge is 0.417 e. The van der Waals surface area contributed by atoms with Gasteiger partial charge in [-0.3, -0.25) is 9.52 Å². The summed E-state index contributed by atoms with van der Waals surface area (Å²) in [4.78, 5) is 16.6. The third-order valence-electron chi connectivity index (χ3n) is 4.84. The zero-order chi connectivity index (χ0) is 24.6. The minimum Gasteiger partial charge on any atom is -0.496 e. The number of rotatable bonds is 6. The fourth-order valence-electron chi connectivity index (χ4n) is 3.26. The molecular formula is C21H17Cl2F3N2O4S. The van der Waals surface area contributed by atoms with Crippen LogP contribution in [0, 0.1) is 0 Å². The largest absolute Gasteiger partial charge is 0.496 e. The molecule has 176 valence electrons. The number of carbonyl (C=O) groups excluding carboxylic acids is 1. The number of allylic oxidation sites excluding steroid dienone is 3. The minimum absolute atomic E-state index is 0.00758. The predicted molar refractivity (Wildman–Crippen MR) is 118 cm³/mol. The van der Waals surface area contributed by atoms with Crippen LogP contribution in [0.25, 0.3) is 0 Å². The second kappa shape index (κ2) is 9.36. The van der Waals surface area contributed by atoms with Gasteiger partial charge in [-0.1, -0.05) is 28.8 Å². The molecule has 0 radical (unpaired) electrons. The van der Waals surface area contributed by atoms with Gasteiger partial charge in [0.15, 0.2) is 0 Å². The Morgan fingerprint density at radius 2 is 1.91 bits per heavy atom. The Morgan fingerprint density at radius 1 is 1.21 bits per heavy atom. The molecule has 0 fully saturated rings. The lowest BCUT2D eigenvalue weighted by molar-refractivity contribution is -0.137. The van der Waals surface area contributed by atoms with Crippen molar-refractivity contribution in [1.29, 1.82) is 0 Å². The number of methoxy groups -OCH3 is 1. The number of hydrogen-bond acceptors (Lipinski definition) is 5. The van der Waals surface area contributed by atoms with Crippen LogP contribution in [0.2, 0.25) is 10.0 Å². The van der Waals surface area contributed by atoms with E-state index in [-0.39, 0.29) is 22.0 Å². The fourth-order valence-corrected chi connectivity index (χ4v) is 4.72. The van der Waals surface area contributed by atoms with E-state index in [1.165, 1.54) is 7.11 Å². The number of sulfonamides is 1. The van der Waals surface area contributed by atoms with Gasteiger partial charge in [0, 0.05) is 6.20 Å². The van der Waals surface area contributed by atoms with E-state index in [0.717, 1.165) is 30.0 Å². The molecule has 0 saturated carbocycles. The van der Waals surface area contributed by atoms with Crippen molar-refractivity contribution in [3.8, 4) is 0 Å². The second-order valence-corrected chi connectivity index (χ2v) is 9.62. The van der Waals surface area contributed by atoms with Crippen molar-refractivity contribution in [3.05, 3.63) is 74.7 Å². The highest BCUT2D eigenvalue weighted by atomic mass is 35.5. The number of nitrogens with one attached hydrogen (secondary N) is 1. The molecule has 1 N–H and O–H groups in total. The topological polar surface area (TPSA) is 85.4 Å². The highest BCUT2D eigenvalue weighted by molar-refractivity contribution is 7.92. The Balaban J connectivity index is 2.06. The van der Waals surface area contributed by atoms with E-state index < -0.39 is 37.5 Å². The van der Waals surface area contributed by atoms with E-state index in [2.05, 4.69) is 9.71 Å². The number of Topliss-reactive ketones (excluding diaryl/α,β-unsaturated/α-hetero) is 1. The molecule has 1 aliphatic carbocycles. The van der Waals surface area contributed by atoms with Gasteiger partial charge in [-0.25, -0.2) is 13.4 Å². The molecule has 0 saturated heterocycles. The van der Waals surface area contributed by atoms with Crippen LogP contribution in [-0.2, 0) is 20.9 Å². The lowest BCUT2D eigenvalue weighted by atomic mass is 9.92. The third kappa shape index (κ3) is 5.34. The van der Waals surface area contributed by atoms with Gasteiger partial charge >= 0.3 is 6.18 Å². The molecular weight excluding hydrogens is 504 g/mol. The number of pyridine rings is 1. The van der Waals surface area contributed by atoms with Gasteiger partial charge in [-0.15, -0.1) is 0 Å². The van der Waals surface area contributed by atoms with Crippen molar-refractivity contribution in [2.75, 3.05) is 11.8 Å². The van der Waals surface area contributed by atoms with Gasteiger partial charge in [0.1, 0.15) is 11.5 Å². The summed E-state index contributed by atoms with van der Waals surface area (Å²) in [6.07, 6.45) is -0.724. The standard InChI is InChI=1S/C21H17Cl2F3N2O4S/c1-11-4-3-5-17(32-2)18(11)20(29)19-16(8-12(22)10-27-19)28-33(30,31)13-6-7-15(23)14(9-13)21(24,25)26/h5-10,28H,3-4H2,1-2H3. The van der Waals surface area contributed by atoms with Crippen LogP contribution >= 0.6 is 23.2 Å². The molecule has 0 bridgehead atoms. The number of carbonyl (C=O) groups is 1. The van der Waals surface area contributed by atoms with Crippen LogP contribution in [-0.4, -0.2) is 26.3 Å². The number of hydrogen-bond donors (Lipinski definition) is 1. The maximum Gasteiger partial charge on any atom is 0.417 e. The summed E-state index contributed by atoms with van der Waals surface area (Å²) in [5, 5.41) is -0.645. The number of nitrogens with zero attached hydrogens (tertiary/aromatic N) is 1. The van der Waals surface area contributed by atoms with E-state index in [1.807, 2.05) is 0 Å². The van der Waals surface area contributed by atoms with E-state index >= 15 is 0 Å². The maximum atomic E-state index is 13.3. The number of halogens is 5. The van der Waals surface area contributed by atoms with Crippen LogP contribution in [0.1, 0.15) is 35.8 Å². The third-order valence-corrected chi connectivity index (χ3v) is 6.74. The number of benzene rings is 1. The van der Waals surface area contributed by atoms with Gasteiger partial charge in [-0.05, 0) is 50.1 Å². The van der Waals surface area contributed by atoms with Crippen molar-refractivity contribution < 1.29 is 31.1 Å². The van der Waals surface area contributed by atoms with Crippen LogP contribution in [0.4, 0.5) is 18.9 Å². The fraction of sp³-hybridized carbons (Fsp3) is 0.238. The van der Waals surface area contributed by atoms with Crippen molar-refractivity contribution in [1.82, 2.24) is 4.98 Å². The summed E-state index contributed by atoms with van der Waals surface area (Å²) in [7, 11) is -3.17. The molecule has 12 heteroatoms. The Bertz CT molecular complexity index is 1290. The lowest BCUT2D eigenvalue weighted by Crippen LogP contribution is -2.20. The number of aromatic nitrogens is 1. The zero-order valence-corrected chi connectivity index (χ0v) is 19.6. The first kappa shape index (κ1) is 25.1. The van der Waals surface area contributed by atoms with Crippen LogP contribution in [0.3, 0.4) is 0 Å². The molecule has 0 atom stereocenters. The van der Waals surface area contributed by atoms with Gasteiger partial charge in [-0.2, -0.15) is 13.2 Å². The predicted octanol–water partition coefficient (Wildman–Crippen LogP) is 6.03. The van der Waals surface area contributed by atoms with Crippen LogP contribution in [0.15, 0.2) is 58.3 Å². The van der Waals surface area contributed by atoms with Crippen LogP contribution < -0.4 is 4.72 Å². The van der Waals surface area contributed by atoms with Crippen LogP contribution in [0.5, 0.6) is 0 Å². The first-order chi connectivity index (χ1) is 15.3. The van der Waals surface area contributed by atoms with Crippen molar-refractivity contribution in [3.63, 3.8) is 0 Å². The highest BCUT2D eigenvalue weighted by Gasteiger charge is 2.35. The van der Waals surface area contributed by atoms with Gasteiger partial charge in [0.25, 0.3) is 10.0 Å². The molecule has 1 aromatic carbocycles. The molecule has 2 aromatic rings. The summed E-state index contributed by atoms with van der Waals surface area (Å²) in [5.74, 6) is -0.302. The minimum atomic E-state index is -4.87. The van der Waals surface area contributed by atoms with Crippen molar-refractivity contribution in [2.45, 2.75) is 30.8 Å². The SMILES string of the molecule is COC1=CCCC(C)=C1C(=O)c1ncc(Cl)cc1NS(=O)(=O)c1ccc(Cl)c(C(F)(F)F)c1. The van der Waals surface area contributed by atoms with E-state index in [0.29, 0.717) is 24.7 Å². The summed E-state index contributed by atoms with van der Waals surface area (Å²) < 4.78 is 72.7. The average Bonchev–Trinajstić information content (AvgIpc) is 2.72. The second-order valence-electron chi connectivity index (χ2n) is 7.09. The zero-order valence-electron chi connectivity index (χ0n) is 17.3. The number of alkyl halides is 3. The first-order valence-electron chi connectivity index (χ1n) is 9.39. The lowest BCUT2D eigenvalue weighted by Gasteiger charge is -2.19. The van der Waals surface area contributed by atoms with E-state index in [9.17, 15) is 26.4 Å².